The van der Waals surface area contributed by atoms with Crippen LogP contribution in [-0.2, 0) is 22.3 Å². The first-order valence-corrected chi connectivity index (χ1v) is 11.4. The number of hydrogen-bond acceptors (Lipinski definition) is 6. The monoisotopic (exact) mass is 549 g/mol. The molecule has 2 aromatic carbocycles. The van der Waals surface area contributed by atoms with Crippen molar-refractivity contribution in [1.29, 1.82) is 0 Å². The van der Waals surface area contributed by atoms with Crippen molar-refractivity contribution in [2.24, 2.45) is 10.4 Å². The molecule has 14 heteroatoms. The third-order valence-corrected chi connectivity index (χ3v) is 5.90. The highest BCUT2D eigenvalue weighted by Crippen LogP contribution is 2.36. The van der Waals surface area contributed by atoms with Crippen LogP contribution in [0.25, 0.3) is 0 Å². The first-order chi connectivity index (χ1) is 18.5. The zero-order valence-corrected chi connectivity index (χ0v) is 19.9. The normalized spacial score (nSPS) is 17.4. The molecule has 1 fully saturated rings. The molecule has 0 spiro atoms. The summed E-state index contributed by atoms with van der Waals surface area (Å²) in [7, 11) is 0. The molecule has 1 saturated heterocycles. The van der Waals surface area contributed by atoms with Gasteiger partial charge in [0.2, 0.25) is 5.91 Å². The van der Waals surface area contributed by atoms with Crippen LogP contribution in [0.3, 0.4) is 0 Å². The van der Waals surface area contributed by atoms with Crippen molar-refractivity contribution in [3.63, 3.8) is 0 Å². The third kappa shape index (κ3) is 6.52. The van der Waals surface area contributed by atoms with Crippen molar-refractivity contribution in [2.45, 2.75) is 19.1 Å². The highest BCUT2D eigenvalue weighted by Gasteiger charge is 2.41. The van der Waals surface area contributed by atoms with E-state index in [2.05, 4.69) is 25.8 Å². The molecule has 204 valence electrons. The lowest BCUT2D eigenvalue weighted by Gasteiger charge is -2.21. The average Bonchev–Trinajstić information content (AvgIpc) is 3.37. The van der Waals surface area contributed by atoms with Crippen LogP contribution < -0.4 is 16.2 Å². The van der Waals surface area contributed by atoms with E-state index >= 15 is 0 Å². The van der Waals surface area contributed by atoms with Crippen molar-refractivity contribution in [2.75, 3.05) is 18.5 Å². The Morgan fingerprint density at radius 3 is 2.62 bits per heavy atom. The van der Waals surface area contributed by atoms with Crippen LogP contribution in [0.1, 0.15) is 27.9 Å². The van der Waals surface area contributed by atoms with Gasteiger partial charge in [0, 0.05) is 36.7 Å². The second-order valence-electron chi connectivity index (χ2n) is 8.66. The molecular weight excluding hydrogens is 529 g/mol. The molecule has 1 aromatic heterocycles. The summed E-state index contributed by atoms with van der Waals surface area (Å²) in [5, 5.41) is 10.6. The molecule has 39 heavy (non-hydrogen) atoms. The average molecular weight is 549 g/mol. The Kier molecular flexibility index (Phi) is 7.85. The van der Waals surface area contributed by atoms with Crippen molar-refractivity contribution in [3.05, 3.63) is 87.3 Å². The SMILES string of the molecule is O=C(N=C[C@@]1(C(=O)NCc2ccc(Nc3ccc(F)cc3C(F)(F)F)cc2F)CCOC1)c1cn[nH]c(=O)c1. The first kappa shape index (κ1) is 27.6. The van der Waals surface area contributed by atoms with Gasteiger partial charge in [0.15, 0.2) is 0 Å². The highest BCUT2D eigenvalue weighted by molar-refractivity contribution is 6.05. The molecule has 2 amide bonds. The molecule has 0 bridgehead atoms. The molecule has 0 saturated carbocycles. The maximum Gasteiger partial charge on any atom is 0.418 e. The fourth-order valence-electron chi connectivity index (χ4n) is 3.81. The van der Waals surface area contributed by atoms with Gasteiger partial charge in [-0.1, -0.05) is 6.07 Å². The van der Waals surface area contributed by atoms with Gasteiger partial charge in [-0.2, -0.15) is 18.3 Å². The number of aromatic nitrogens is 2. The number of ether oxygens (including phenoxy) is 1. The number of carbonyl (C=O) groups excluding carboxylic acids is 2. The number of rotatable bonds is 7. The minimum absolute atomic E-state index is 0.0276. The van der Waals surface area contributed by atoms with Crippen molar-refractivity contribution in [1.82, 2.24) is 15.5 Å². The van der Waals surface area contributed by atoms with Gasteiger partial charge in [-0.3, -0.25) is 14.4 Å². The van der Waals surface area contributed by atoms with Crippen molar-refractivity contribution >= 4 is 29.4 Å². The zero-order valence-electron chi connectivity index (χ0n) is 19.9. The molecular formula is C25H20F5N5O4. The van der Waals surface area contributed by atoms with E-state index in [1.807, 2.05) is 0 Å². The predicted octanol–water partition coefficient (Wildman–Crippen LogP) is 3.74. The van der Waals surface area contributed by atoms with Crippen LogP contribution >= 0.6 is 0 Å². The topological polar surface area (TPSA) is 126 Å². The standard InChI is InChI=1S/C25H20F5N5O4/c26-16-2-4-20(18(8-16)25(28,29)30)34-17-3-1-14(19(27)9-17)10-31-23(38)24(5-6-39-13-24)12-32-22(37)15-7-21(36)35-33-11-15/h1-4,7-9,11-12,34H,5-6,10,13H2,(H,31,38)(H,35,36)/t24-/m0/s1. The second-order valence-corrected chi connectivity index (χ2v) is 8.66. The van der Waals surface area contributed by atoms with Crippen LogP contribution in [0.5, 0.6) is 0 Å². The molecule has 1 aliphatic rings. The molecule has 0 unspecified atom stereocenters. The quantitative estimate of drug-likeness (QED) is 0.305. The first-order valence-electron chi connectivity index (χ1n) is 11.4. The number of amides is 2. The highest BCUT2D eigenvalue weighted by atomic mass is 19.4. The number of H-pyrrole nitrogens is 1. The van der Waals surface area contributed by atoms with E-state index in [0.717, 1.165) is 36.7 Å². The number of nitrogens with one attached hydrogen (secondary N) is 3. The summed E-state index contributed by atoms with van der Waals surface area (Å²) in [6, 6.07) is 6.58. The number of halogens is 5. The van der Waals surface area contributed by atoms with E-state index in [9.17, 15) is 36.3 Å². The van der Waals surface area contributed by atoms with Crippen LogP contribution in [0.2, 0.25) is 0 Å². The fraction of sp³-hybridized carbons (Fsp3) is 0.240. The summed E-state index contributed by atoms with van der Waals surface area (Å²) in [6.07, 6.45) is -2.41. The van der Waals surface area contributed by atoms with Gasteiger partial charge in [0.25, 0.3) is 11.5 Å². The van der Waals surface area contributed by atoms with E-state index in [4.69, 9.17) is 4.74 Å². The van der Waals surface area contributed by atoms with Crippen molar-refractivity contribution < 1.29 is 36.3 Å². The number of aliphatic imine (C=N–C) groups is 1. The zero-order chi connectivity index (χ0) is 28.2. The minimum atomic E-state index is -4.84. The van der Waals surface area contributed by atoms with Gasteiger partial charge in [-0.25, -0.2) is 18.9 Å². The summed E-state index contributed by atoms with van der Waals surface area (Å²) < 4.78 is 73.1. The molecule has 0 radical (unpaired) electrons. The van der Waals surface area contributed by atoms with Crippen LogP contribution in [0.15, 0.2) is 58.4 Å². The molecule has 4 rings (SSSR count). The van der Waals surface area contributed by atoms with Gasteiger partial charge in [0.1, 0.15) is 17.0 Å². The van der Waals surface area contributed by atoms with E-state index in [1.54, 1.807) is 0 Å². The summed E-state index contributed by atoms with van der Waals surface area (Å²) >= 11 is 0. The van der Waals surface area contributed by atoms with Gasteiger partial charge in [0.05, 0.1) is 29.6 Å². The minimum Gasteiger partial charge on any atom is -0.380 e. The van der Waals surface area contributed by atoms with E-state index in [1.165, 1.54) is 12.1 Å². The van der Waals surface area contributed by atoms with Gasteiger partial charge < -0.3 is 15.4 Å². The fourth-order valence-corrected chi connectivity index (χ4v) is 3.81. The van der Waals surface area contributed by atoms with E-state index in [0.29, 0.717) is 6.07 Å². The molecule has 3 N–H and O–H groups in total. The number of carbonyl (C=O) groups is 2. The van der Waals surface area contributed by atoms with Crippen molar-refractivity contribution in [3.8, 4) is 0 Å². The lowest BCUT2D eigenvalue weighted by atomic mass is 9.87. The summed E-state index contributed by atoms with van der Waals surface area (Å²) in [5.41, 5.74) is -3.71. The van der Waals surface area contributed by atoms with E-state index in [-0.39, 0.29) is 43.0 Å². The molecule has 9 nitrogen and oxygen atoms in total. The third-order valence-electron chi connectivity index (χ3n) is 5.90. The maximum atomic E-state index is 14.7. The number of anilines is 2. The predicted molar refractivity (Wildman–Crippen MR) is 128 cm³/mol. The Hall–Kier alpha value is -4.46. The molecule has 1 atom stereocenters. The Bertz CT molecular complexity index is 1480. The summed E-state index contributed by atoms with van der Waals surface area (Å²) in [5.74, 6) is -3.28. The summed E-state index contributed by atoms with van der Waals surface area (Å²) in [4.78, 5) is 40.4. The molecule has 1 aliphatic heterocycles. The lowest BCUT2D eigenvalue weighted by molar-refractivity contribution is -0.137. The largest absolute Gasteiger partial charge is 0.418 e. The Morgan fingerprint density at radius 1 is 1.15 bits per heavy atom. The van der Waals surface area contributed by atoms with Gasteiger partial charge >= 0.3 is 6.18 Å². The van der Waals surface area contributed by atoms with Crippen LogP contribution in [0, 0.1) is 17.0 Å². The lowest BCUT2D eigenvalue weighted by Crippen LogP contribution is -2.42. The molecule has 3 aromatic rings. The molecule has 2 heterocycles. The Morgan fingerprint density at radius 2 is 1.95 bits per heavy atom. The Balaban J connectivity index is 1.44. The molecule has 0 aliphatic carbocycles. The van der Waals surface area contributed by atoms with Crippen LogP contribution in [0.4, 0.5) is 33.3 Å². The number of hydrogen-bond donors (Lipinski definition) is 3. The number of alkyl halides is 3. The van der Waals surface area contributed by atoms with E-state index < -0.39 is 51.9 Å². The summed E-state index contributed by atoms with van der Waals surface area (Å²) in [6.45, 7) is -0.164. The number of nitrogens with zero attached hydrogens (tertiary/aromatic N) is 2. The maximum absolute atomic E-state index is 14.7. The second kappa shape index (κ2) is 11.1. The van der Waals surface area contributed by atoms with Gasteiger partial charge in [-0.05, 0) is 36.8 Å². The van der Waals surface area contributed by atoms with Gasteiger partial charge in [-0.15, -0.1) is 0 Å². The van der Waals surface area contributed by atoms with Crippen LogP contribution in [-0.4, -0.2) is 41.4 Å². The number of benzene rings is 2. The Labute approximate surface area is 217 Å². The smallest absolute Gasteiger partial charge is 0.380 e. The number of aromatic amines is 1.